The fourth-order valence-corrected chi connectivity index (χ4v) is 3.86. The van der Waals surface area contributed by atoms with Crippen LogP contribution in [-0.4, -0.2) is 11.0 Å². The van der Waals surface area contributed by atoms with Crippen LogP contribution in [0.2, 0.25) is 0 Å². The molecular weight excluding hydrogens is 232 g/mol. The Balaban J connectivity index is 1.66. The zero-order valence-corrected chi connectivity index (χ0v) is 12.1. The molecule has 1 aromatic heterocycles. The van der Waals surface area contributed by atoms with Crippen LogP contribution in [0.5, 0.6) is 0 Å². The Morgan fingerprint density at radius 2 is 2.00 bits per heavy atom. The molecule has 2 aliphatic rings. The summed E-state index contributed by atoms with van der Waals surface area (Å²) in [6.07, 6.45) is 12.8. The maximum absolute atomic E-state index is 4.64. The van der Waals surface area contributed by atoms with Crippen molar-refractivity contribution in [2.45, 2.75) is 70.4 Å². The predicted molar refractivity (Wildman–Crippen MR) is 79.1 cm³/mol. The van der Waals surface area contributed by atoms with Crippen molar-refractivity contribution >= 4 is 0 Å². The molecule has 0 radical (unpaired) electrons. The van der Waals surface area contributed by atoms with Crippen molar-refractivity contribution in [1.82, 2.24) is 10.3 Å². The third-order valence-corrected chi connectivity index (χ3v) is 5.02. The molecule has 2 unspecified atom stereocenters. The molecule has 0 saturated heterocycles. The van der Waals surface area contributed by atoms with Gasteiger partial charge in [0.15, 0.2) is 0 Å². The number of hydrogen-bond acceptors (Lipinski definition) is 2. The van der Waals surface area contributed by atoms with Gasteiger partial charge >= 0.3 is 0 Å². The molecule has 2 atom stereocenters. The average molecular weight is 258 g/mol. The van der Waals surface area contributed by atoms with Gasteiger partial charge in [0, 0.05) is 18.3 Å². The smallest absolute Gasteiger partial charge is 0.0605 e. The van der Waals surface area contributed by atoms with Gasteiger partial charge in [-0.3, -0.25) is 4.98 Å². The van der Waals surface area contributed by atoms with Crippen LogP contribution < -0.4 is 5.32 Å². The molecule has 2 aliphatic carbocycles. The Hall–Kier alpha value is -0.890. The molecular formula is C17H26N2. The summed E-state index contributed by atoms with van der Waals surface area (Å²) in [5, 5.41) is 3.88. The molecule has 1 fully saturated rings. The molecule has 19 heavy (non-hydrogen) atoms. The Kier molecular flexibility index (Phi) is 4.17. The molecule has 1 aromatic rings. The van der Waals surface area contributed by atoms with Crippen molar-refractivity contribution in [3.8, 4) is 0 Å². The summed E-state index contributed by atoms with van der Waals surface area (Å²) >= 11 is 0. The SMILES string of the molecule is CC(NC1CCCc2cccnc21)C1CCCCC1. The largest absolute Gasteiger partial charge is 0.306 e. The van der Waals surface area contributed by atoms with E-state index < -0.39 is 0 Å². The Morgan fingerprint density at radius 3 is 2.84 bits per heavy atom. The van der Waals surface area contributed by atoms with Gasteiger partial charge in [0.2, 0.25) is 0 Å². The van der Waals surface area contributed by atoms with Crippen molar-refractivity contribution in [3.63, 3.8) is 0 Å². The van der Waals surface area contributed by atoms with Gasteiger partial charge in [-0.25, -0.2) is 0 Å². The second-order valence-electron chi connectivity index (χ2n) is 6.35. The summed E-state index contributed by atoms with van der Waals surface area (Å²) in [7, 11) is 0. The molecule has 0 aliphatic heterocycles. The van der Waals surface area contributed by atoms with Gasteiger partial charge in [0.05, 0.1) is 5.69 Å². The van der Waals surface area contributed by atoms with E-state index in [1.54, 1.807) is 0 Å². The number of aryl methyl sites for hydroxylation is 1. The van der Waals surface area contributed by atoms with Crippen LogP contribution in [0.4, 0.5) is 0 Å². The number of fused-ring (bicyclic) bond motifs is 1. The summed E-state index contributed by atoms with van der Waals surface area (Å²) < 4.78 is 0. The van der Waals surface area contributed by atoms with Crippen LogP contribution in [0.3, 0.4) is 0 Å². The van der Waals surface area contributed by atoms with Crippen LogP contribution >= 0.6 is 0 Å². The van der Waals surface area contributed by atoms with Gasteiger partial charge in [-0.05, 0) is 56.6 Å². The summed E-state index contributed by atoms with van der Waals surface area (Å²) in [5.74, 6) is 0.878. The first-order chi connectivity index (χ1) is 9.34. The lowest BCUT2D eigenvalue weighted by molar-refractivity contribution is 0.255. The summed E-state index contributed by atoms with van der Waals surface area (Å²) in [4.78, 5) is 4.64. The first-order valence-electron chi connectivity index (χ1n) is 8.04. The molecule has 104 valence electrons. The quantitative estimate of drug-likeness (QED) is 0.886. The van der Waals surface area contributed by atoms with Crippen molar-refractivity contribution in [2.75, 3.05) is 0 Å². The lowest BCUT2D eigenvalue weighted by Gasteiger charge is -2.33. The third kappa shape index (κ3) is 3.00. The first kappa shape index (κ1) is 13.1. The zero-order valence-electron chi connectivity index (χ0n) is 12.1. The maximum atomic E-state index is 4.64. The fourth-order valence-electron chi connectivity index (χ4n) is 3.86. The Labute approximate surface area is 117 Å². The zero-order chi connectivity index (χ0) is 13.1. The molecule has 0 spiro atoms. The van der Waals surface area contributed by atoms with E-state index in [1.807, 2.05) is 6.20 Å². The fraction of sp³-hybridized carbons (Fsp3) is 0.706. The average Bonchev–Trinajstić information content (AvgIpc) is 2.48. The minimum absolute atomic E-state index is 0.488. The van der Waals surface area contributed by atoms with Crippen molar-refractivity contribution in [2.24, 2.45) is 5.92 Å². The first-order valence-corrected chi connectivity index (χ1v) is 8.04. The number of rotatable bonds is 3. The minimum atomic E-state index is 0.488. The predicted octanol–water partition coefficient (Wildman–Crippen LogP) is 4.02. The summed E-state index contributed by atoms with van der Waals surface area (Å²) in [6, 6.07) is 5.45. The third-order valence-electron chi connectivity index (χ3n) is 5.02. The van der Waals surface area contributed by atoms with E-state index in [-0.39, 0.29) is 0 Å². The molecule has 1 saturated carbocycles. The Morgan fingerprint density at radius 1 is 1.16 bits per heavy atom. The number of nitrogens with zero attached hydrogens (tertiary/aromatic N) is 1. The van der Waals surface area contributed by atoms with Gasteiger partial charge in [-0.15, -0.1) is 0 Å². The Bertz CT molecular complexity index is 409. The highest BCUT2D eigenvalue weighted by Crippen LogP contribution is 2.31. The molecule has 2 heteroatoms. The number of nitrogens with one attached hydrogen (secondary N) is 1. The monoisotopic (exact) mass is 258 g/mol. The van der Waals surface area contributed by atoms with E-state index in [4.69, 9.17) is 0 Å². The standard InChI is InChI=1S/C17H26N2/c1-13(14-7-3-2-4-8-14)19-16-11-5-9-15-10-6-12-18-17(15)16/h6,10,12-14,16,19H,2-5,7-9,11H2,1H3. The van der Waals surface area contributed by atoms with E-state index in [9.17, 15) is 0 Å². The van der Waals surface area contributed by atoms with Gasteiger partial charge in [0.25, 0.3) is 0 Å². The molecule has 0 amide bonds. The molecule has 1 N–H and O–H groups in total. The van der Waals surface area contributed by atoms with Crippen LogP contribution in [-0.2, 0) is 6.42 Å². The van der Waals surface area contributed by atoms with Gasteiger partial charge in [0.1, 0.15) is 0 Å². The lowest BCUT2D eigenvalue weighted by atomic mass is 9.83. The molecule has 2 nitrogen and oxygen atoms in total. The van der Waals surface area contributed by atoms with Crippen molar-refractivity contribution in [3.05, 3.63) is 29.6 Å². The lowest BCUT2D eigenvalue weighted by Crippen LogP contribution is -2.38. The number of aromatic nitrogens is 1. The highest BCUT2D eigenvalue weighted by molar-refractivity contribution is 5.25. The van der Waals surface area contributed by atoms with Gasteiger partial charge < -0.3 is 5.32 Å². The number of hydrogen-bond donors (Lipinski definition) is 1. The van der Waals surface area contributed by atoms with Crippen LogP contribution in [0.1, 0.15) is 69.2 Å². The van der Waals surface area contributed by atoms with E-state index in [0.29, 0.717) is 12.1 Å². The molecule has 1 heterocycles. The van der Waals surface area contributed by atoms with Crippen molar-refractivity contribution < 1.29 is 0 Å². The summed E-state index contributed by atoms with van der Waals surface area (Å²) in [6.45, 7) is 2.38. The second-order valence-corrected chi connectivity index (χ2v) is 6.35. The van der Waals surface area contributed by atoms with Gasteiger partial charge in [-0.1, -0.05) is 25.3 Å². The van der Waals surface area contributed by atoms with E-state index in [1.165, 1.54) is 62.6 Å². The molecule has 0 aromatic carbocycles. The highest BCUT2D eigenvalue weighted by atomic mass is 15.0. The molecule has 0 bridgehead atoms. The second kappa shape index (κ2) is 6.04. The highest BCUT2D eigenvalue weighted by Gasteiger charge is 2.26. The minimum Gasteiger partial charge on any atom is -0.306 e. The summed E-state index contributed by atoms with van der Waals surface area (Å²) in [5.41, 5.74) is 2.78. The maximum Gasteiger partial charge on any atom is 0.0605 e. The van der Waals surface area contributed by atoms with Crippen molar-refractivity contribution in [1.29, 1.82) is 0 Å². The van der Waals surface area contributed by atoms with E-state index in [0.717, 1.165) is 5.92 Å². The number of pyridine rings is 1. The topological polar surface area (TPSA) is 24.9 Å². The van der Waals surface area contributed by atoms with E-state index in [2.05, 4.69) is 29.4 Å². The van der Waals surface area contributed by atoms with Gasteiger partial charge in [-0.2, -0.15) is 0 Å². The molecule has 3 rings (SSSR count). The van der Waals surface area contributed by atoms with Crippen LogP contribution in [0, 0.1) is 5.92 Å². The van der Waals surface area contributed by atoms with Crippen LogP contribution in [0.15, 0.2) is 18.3 Å². The normalized spacial score (nSPS) is 25.8. The van der Waals surface area contributed by atoms with Crippen LogP contribution in [0.25, 0.3) is 0 Å². The van der Waals surface area contributed by atoms with E-state index >= 15 is 0 Å².